The van der Waals surface area contributed by atoms with Crippen LogP contribution in [0.2, 0.25) is 0 Å². The molecule has 7 heteroatoms. The van der Waals surface area contributed by atoms with Gasteiger partial charge in [-0.05, 0) is 53.5 Å². The highest BCUT2D eigenvalue weighted by Gasteiger charge is 2.29. The largest absolute Gasteiger partial charge is 0.430 e. The molecule has 2 unspecified atom stereocenters. The van der Waals surface area contributed by atoms with Crippen molar-refractivity contribution in [2.75, 3.05) is 6.66 Å². The van der Waals surface area contributed by atoms with Crippen LogP contribution in [0.4, 0.5) is 0 Å². The Morgan fingerprint density at radius 1 is 0.463 bits per heavy atom. The first-order valence-electron chi connectivity index (χ1n) is 13.2. The fraction of sp³-hybridized carbons (Fsp3) is 0.0294. The molecular weight excluding hydrogens is 548 g/mol. The average molecular weight is 578 g/mol. The minimum Gasteiger partial charge on any atom is -0.430 e. The Bertz CT molecular complexity index is 1900. The van der Waals surface area contributed by atoms with Crippen molar-refractivity contribution in [1.29, 1.82) is 0 Å². The van der Waals surface area contributed by atoms with Crippen molar-refractivity contribution in [3.63, 3.8) is 0 Å². The van der Waals surface area contributed by atoms with Gasteiger partial charge in [0.05, 0.1) is 0 Å². The summed E-state index contributed by atoms with van der Waals surface area (Å²) in [6, 6.07) is 46.9. The van der Waals surface area contributed by atoms with Gasteiger partial charge in [-0.25, -0.2) is 0 Å². The highest BCUT2D eigenvalue weighted by molar-refractivity contribution is 7.72. The van der Waals surface area contributed by atoms with Gasteiger partial charge in [-0.1, -0.05) is 109 Å². The highest BCUT2D eigenvalue weighted by Crippen LogP contribution is 2.62. The summed E-state index contributed by atoms with van der Waals surface area (Å²) < 4.78 is 31.6. The summed E-state index contributed by atoms with van der Waals surface area (Å²) >= 11 is 0. The lowest BCUT2D eigenvalue weighted by Gasteiger charge is -2.28. The summed E-state index contributed by atoms with van der Waals surface area (Å²) in [5, 5.41) is 4.00. The van der Waals surface area contributed by atoms with Gasteiger partial charge in [-0.3, -0.25) is 0 Å². The molecule has 41 heavy (non-hydrogen) atoms. The molecule has 0 saturated carbocycles. The van der Waals surface area contributed by atoms with Gasteiger partial charge in [0.25, 0.3) is 0 Å². The third-order valence-corrected chi connectivity index (χ3v) is 10.8. The Labute approximate surface area is 240 Å². The molecule has 0 spiro atoms. The van der Waals surface area contributed by atoms with Crippen LogP contribution in [-0.4, -0.2) is 13.0 Å². The molecule has 2 atom stereocenters. The summed E-state index contributed by atoms with van der Waals surface area (Å²) in [5.41, 5.74) is 0. The highest BCUT2D eigenvalue weighted by atomic mass is 31.2. The monoisotopic (exact) mass is 577 g/mol. The Balaban J connectivity index is 1.50. The predicted octanol–water partition coefficient (Wildman–Crippen LogP) is 10.5. The summed E-state index contributed by atoms with van der Waals surface area (Å²) in [7, 11) is -6.41. The van der Waals surface area contributed by atoms with Crippen LogP contribution in [0.25, 0.3) is 21.5 Å². The zero-order valence-corrected chi connectivity index (χ0v) is 24.3. The lowest BCUT2D eigenvalue weighted by molar-refractivity contribution is 0.471. The summed E-state index contributed by atoms with van der Waals surface area (Å²) in [5.74, 6) is 2.51. The first kappa shape index (κ1) is 26.8. The standard InChI is InChI=1S/C34H29NO4P2/c1-40(36-29-19-5-3-6-20-29,38-33-25-13-17-27-15-9-11-23-31(27)33)35-41(2,37-30-21-7-4-8-22-30)39-34-26-14-18-28-16-10-12-24-32(28)34/h3-26H,1H2,2H3. The van der Waals surface area contributed by atoms with Gasteiger partial charge in [0, 0.05) is 17.4 Å². The molecule has 0 aromatic heterocycles. The van der Waals surface area contributed by atoms with E-state index in [1.165, 1.54) is 0 Å². The zero-order valence-electron chi connectivity index (χ0n) is 22.5. The van der Waals surface area contributed by atoms with Crippen LogP contribution in [0, 0.1) is 0 Å². The van der Waals surface area contributed by atoms with Crippen LogP contribution in [0.5, 0.6) is 23.0 Å². The van der Waals surface area contributed by atoms with Gasteiger partial charge in [0.2, 0.25) is 0 Å². The van der Waals surface area contributed by atoms with Crippen molar-refractivity contribution in [3.05, 3.63) is 146 Å². The van der Waals surface area contributed by atoms with E-state index in [2.05, 4.69) is 6.30 Å². The third-order valence-electron chi connectivity index (χ3n) is 6.32. The SMILES string of the molecule is C=P(N=P(C)(Oc1ccccc1)Oc1cccc2ccccc12)(Oc1ccccc1)Oc1cccc2ccccc12. The number of hydrogen-bond donors (Lipinski definition) is 0. The molecule has 0 fully saturated rings. The second-order valence-corrected chi connectivity index (χ2v) is 13.8. The smallest absolute Gasteiger partial charge is 0.340 e. The van der Waals surface area contributed by atoms with Gasteiger partial charge in [0.15, 0.2) is 0 Å². The molecule has 0 saturated heterocycles. The molecule has 0 aliphatic carbocycles. The molecule has 6 rings (SSSR count). The molecule has 6 aromatic rings. The van der Waals surface area contributed by atoms with Crippen molar-refractivity contribution >= 4 is 42.8 Å². The average Bonchev–Trinajstić information content (AvgIpc) is 2.98. The Kier molecular flexibility index (Phi) is 7.57. The first-order valence-corrected chi connectivity index (χ1v) is 17.0. The molecule has 0 N–H and O–H groups in total. The lowest BCUT2D eigenvalue weighted by Crippen LogP contribution is -2.05. The Morgan fingerprint density at radius 2 is 0.902 bits per heavy atom. The summed E-state index contributed by atoms with van der Waals surface area (Å²) in [4.78, 5) is 0. The van der Waals surface area contributed by atoms with E-state index in [0.717, 1.165) is 21.5 Å². The minimum absolute atomic E-state index is 0.594. The third kappa shape index (κ3) is 6.33. The van der Waals surface area contributed by atoms with E-state index < -0.39 is 15.0 Å². The van der Waals surface area contributed by atoms with E-state index in [9.17, 15) is 0 Å². The fourth-order valence-corrected chi connectivity index (χ4v) is 9.16. The second-order valence-electron chi connectivity index (χ2n) is 9.48. The normalized spacial score (nSPS) is 14.0. The van der Waals surface area contributed by atoms with Gasteiger partial charge >= 0.3 is 15.0 Å². The second kappa shape index (κ2) is 11.6. The van der Waals surface area contributed by atoms with Crippen LogP contribution < -0.4 is 18.1 Å². The van der Waals surface area contributed by atoms with E-state index in [1.807, 2.05) is 152 Å². The number of benzene rings is 6. The maximum atomic E-state index is 6.73. The maximum Gasteiger partial charge on any atom is 0.340 e. The van der Waals surface area contributed by atoms with Crippen molar-refractivity contribution in [2.45, 2.75) is 0 Å². The predicted molar refractivity (Wildman–Crippen MR) is 173 cm³/mol. The lowest BCUT2D eigenvalue weighted by atomic mass is 10.1. The molecule has 0 heterocycles. The van der Waals surface area contributed by atoms with Crippen LogP contribution in [0.15, 0.2) is 150 Å². The Morgan fingerprint density at radius 3 is 1.46 bits per heavy atom. The number of para-hydroxylation sites is 2. The van der Waals surface area contributed by atoms with E-state index >= 15 is 0 Å². The van der Waals surface area contributed by atoms with Crippen molar-refractivity contribution < 1.29 is 18.1 Å². The molecule has 6 aromatic carbocycles. The van der Waals surface area contributed by atoms with Gasteiger partial charge < -0.3 is 18.1 Å². The van der Waals surface area contributed by atoms with Crippen molar-refractivity contribution in [3.8, 4) is 23.0 Å². The Hall–Kier alpha value is -4.43. The zero-order chi connectivity index (χ0) is 28.1. The van der Waals surface area contributed by atoms with E-state index in [-0.39, 0.29) is 0 Å². The van der Waals surface area contributed by atoms with Crippen LogP contribution in [0.1, 0.15) is 0 Å². The van der Waals surface area contributed by atoms with Gasteiger partial charge in [0.1, 0.15) is 23.0 Å². The minimum atomic E-state index is -3.30. The molecule has 0 radical (unpaired) electrons. The number of nitrogens with zero attached hydrogens (tertiary/aromatic N) is 1. The maximum absolute atomic E-state index is 6.73. The van der Waals surface area contributed by atoms with Crippen molar-refractivity contribution in [1.82, 2.24) is 0 Å². The topological polar surface area (TPSA) is 49.3 Å². The van der Waals surface area contributed by atoms with E-state index in [0.29, 0.717) is 23.0 Å². The molecule has 0 aliphatic heterocycles. The number of hydrogen-bond acceptors (Lipinski definition) is 5. The number of rotatable bonds is 9. The van der Waals surface area contributed by atoms with E-state index in [1.54, 1.807) is 0 Å². The first-order chi connectivity index (χ1) is 20.0. The van der Waals surface area contributed by atoms with Crippen molar-refractivity contribution in [2.24, 2.45) is 4.52 Å². The molecule has 0 amide bonds. The van der Waals surface area contributed by atoms with Gasteiger partial charge in [-0.15, -0.1) is 4.52 Å². The van der Waals surface area contributed by atoms with Crippen LogP contribution in [0.3, 0.4) is 0 Å². The molecule has 0 aliphatic rings. The van der Waals surface area contributed by atoms with Gasteiger partial charge in [-0.2, -0.15) is 0 Å². The van der Waals surface area contributed by atoms with Crippen LogP contribution >= 0.6 is 15.0 Å². The molecule has 0 bridgehead atoms. The molecule has 5 nitrogen and oxygen atoms in total. The summed E-state index contributed by atoms with van der Waals surface area (Å²) in [6.45, 7) is 1.86. The summed E-state index contributed by atoms with van der Waals surface area (Å²) in [6.07, 6.45) is 4.47. The quantitative estimate of drug-likeness (QED) is 0.160. The van der Waals surface area contributed by atoms with Crippen LogP contribution in [-0.2, 0) is 0 Å². The number of fused-ring (bicyclic) bond motifs is 2. The molecular formula is C34H29NO4P2. The van der Waals surface area contributed by atoms with E-state index in [4.69, 9.17) is 22.6 Å². The molecule has 204 valence electrons. The fourth-order valence-electron chi connectivity index (χ4n) is 4.57.